The van der Waals surface area contributed by atoms with Crippen molar-refractivity contribution in [2.24, 2.45) is 0 Å². The Morgan fingerprint density at radius 3 is 2.90 bits per heavy atom. The molecular weight excluding hydrogens is 280 g/mol. The molecule has 21 heavy (non-hydrogen) atoms. The van der Waals surface area contributed by atoms with Crippen molar-refractivity contribution in [2.45, 2.75) is 38.8 Å². The van der Waals surface area contributed by atoms with E-state index in [0.717, 1.165) is 18.2 Å². The van der Waals surface area contributed by atoms with Crippen molar-refractivity contribution in [2.75, 3.05) is 18.5 Å². The minimum Gasteiger partial charge on any atom is -0.344 e. The summed E-state index contributed by atoms with van der Waals surface area (Å²) < 4.78 is 0. The SMILES string of the molecule is CCN(Cc1ccncc1)c1nc2c(s1)CCCC2NC. The van der Waals surface area contributed by atoms with Crippen LogP contribution in [-0.4, -0.2) is 23.6 Å². The predicted molar refractivity (Wildman–Crippen MR) is 87.8 cm³/mol. The van der Waals surface area contributed by atoms with Gasteiger partial charge in [0.2, 0.25) is 0 Å². The highest BCUT2D eigenvalue weighted by Gasteiger charge is 2.24. The van der Waals surface area contributed by atoms with Crippen molar-refractivity contribution >= 4 is 16.5 Å². The van der Waals surface area contributed by atoms with Crippen LogP contribution < -0.4 is 10.2 Å². The molecule has 4 nitrogen and oxygen atoms in total. The summed E-state index contributed by atoms with van der Waals surface area (Å²) in [5.74, 6) is 0. The Hall–Kier alpha value is -1.46. The summed E-state index contributed by atoms with van der Waals surface area (Å²) in [6, 6.07) is 4.58. The quantitative estimate of drug-likeness (QED) is 0.921. The van der Waals surface area contributed by atoms with Crippen LogP contribution in [0.25, 0.3) is 0 Å². The second-order valence-electron chi connectivity index (χ2n) is 5.41. The van der Waals surface area contributed by atoms with Gasteiger partial charge >= 0.3 is 0 Å². The lowest BCUT2D eigenvalue weighted by atomic mass is 9.98. The van der Waals surface area contributed by atoms with Crippen LogP contribution in [0.4, 0.5) is 5.13 Å². The molecule has 0 saturated heterocycles. The van der Waals surface area contributed by atoms with E-state index in [1.165, 1.54) is 35.4 Å². The van der Waals surface area contributed by atoms with Crippen molar-refractivity contribution < 1.29 is 0 Å². The van der Waals surface area contributed by atoms with E-state index >= 15 is 0 Å². The van der Waals surface area contributed by atoms with Crippen LogP contribution in [-0.2, 0) is 13.0 Å². The number of nitrogens with zero attached hydrogens (tertiary/aromatic N) is 3. The van der Waals surface area contributed by atoms with Gasteiger partial charge in [0.15, 0.2) is 5.13 Å². The fourth-order valence-corrected chi connectivity index (χ4v) is 4.07. The van der Waals surface area contributed by atoms with Gasteiger partial charge in [0.1, 0.15) is 0 Å². The van der Waals surface area contributed by atoms with Crippen LogP contribution in [0.1, 0.15) is 41.9 Å². The van der Waals surface area contributed by atoms with Crippen LogP contribution in [0.5, 0.6) is 0 Å². The first-order chi connectivity index (χ1) is 10.3. The summed E-state index contributed by atoms with van der Waals surface area (Å²) in [4.78, 5) is 12.8. The summed E-state index contributed by atoms with van der Waals surface area (Å²) >= 11 is 1.87. The molecule has 2 aromatic rings. The van der Waals surface area contributed by atoms with Gasteiger partial charge in [-0.25, -0.2) is 4.98 Å². The van der Waals surface area contributed by atoms with E-state index < -0.39 is 0 Å². The first kappa shape index (κ1) is 14.5. The second-order valence-corrected chi connectivity index (χ2v) is 6.47. The van der Waals surface area contributed by atoms with Crippen LogP contribution >= 0.6 is 11.3 Å². The molecular formula is C16H22N4S. The van der Waals surface area contributed by atoms with E-state index in [9.17, 15) is 0 Å². The molecule has 0 fully saturated rings. The van der Waals surface area contributed by atoms with E-state index in [-0.39, 0.29) is 0 Å². The lowest BCUT2D eigenvalue weighted by Crippen LogP contribution is -2.23. The van der Waals surface area contributed by atoms with Gasteiger partial charge in [0.25, 0.3) is 0 Å². The molecule has 1 aliphatic rings. The van der Waals surface area contributed by atoms with Gasteiger partial charge in [-0.15, -0.1) is 11.3 Å². The molecule has 2 aromatic heterocycles. The third-order valence-electron chi connectivity index (χ3n) is 4.07. The molecule has 0 amide bonds. The third-order valence-corrected chi connectivity index (χ3v) is 5.26. The topological polar surface area (TPSA) is 41.1 Å². The van der Waals surface area contributed by atoms with Crippen molar-refractivity contribution in [3.8, 4) is 0 Å². The highest BCUT2D eigenvalue weighted by Crippen LogP contribution is 2.36. The van der Waals surface area contributed by atoms with Crippen molar-refractivity contribution in [3.63, 3.8) is 0 Å². The molecule has 2 heterocycles. The largest absolute Gasteiger partial charge is 0.344 e. The predicted octanol–water partition coefficient (Wildman–Crippen LogP) is 3.16. The Bertz CT molecular complexity index is 581. The van der Waals surface area contributed by atoms with Gasteiger partial charge in [-0.1, -0.05) is 0 Å². The number of thiazole rings is 1. The van der Waals surface area contributed by atoms with E-state index in [1.807, 2.05) is 30.8 Å². The fourth-order valence-electron chi connectivity index (χ4n) is 2.85. The first-order valence-electron chi connectivity index (χ1n) is 7.62. The molecule has 0 radical (unpaired) electrons. The summed E-state index contributed by atoms with van der Waals surface area (Å²) in [6.45, 7) is 4.06. The molecule has 0 aromatic carbocycles. The van der Waals surface area contributed by atoms with E-state index in [0.29, 0.717) is 6.04 Å². The zero-order valence-corrected chi connectivity index (χ0v) is 13.5. The lowest BCUT2D eigenvalue weighted by molar-refractivity contribution is 0.489. The van der Waals surface area contributed by atoms with Crippen molar-refractivity contribution in [1.29, 1.82) is 0 Å². The van der Waals surface area contributed by atoms with E-state index in [1.54, 1.807) is 0 Å². The summed E-state index contributed by atoms with van der Waals surface area (Å²) in [5, 5.41) is 4.55. The van der Waals surface area contributed by atoms with Crippen LogP contribution in [0, 0.1) is 0 Å². The average molecular weight is 302 g/mol. The van der Waals surface area contributed by atoms with E-state index in [2.05, 4.69) is 34.3 Å². The Labute approximate surface area is 130 Å². The Morgan fingerprint density at radius 1 is 1.38 bits per heavy atom. The number of pyridine rings is 1. The van der Waals surface area contributed by atoms with Crippen LogP contribution in [0.3, 0.4) is 0 Å². The molecule has 1 aliphatic carbocycles. The molecule has 0 spiro atoms. The average Bonchev–Trinajstić information content (AvgIpc) is 2.97. The normalized spacial score (nSPS) is 17.5. The number of hydrogen-bond acceptors (Lipinski definition) is 5. The standard InChI is InChI=1S/C16H22N4S/c1-3-20(11-12-7-9-18-10-8-12)16-19-15-13(17-2)5-4-6-14(15)21-16/h7-10,13,17H,3-6,11H2,1-2H3. The maximum absolute atomic E-state index is 4.94. The van der Waals surface area contributed by atoms with Crippen LogP contribution in [0.2, 0.25) is 0 Å². The zero-order valence-electron chi connectivity index (χ0n) is 12.7. The number of anilines is 1. The molecule has 0 bridgehead atoms. The number of aromatic nitrogens is 2. The summed E-state index contributed by atoms with van der Waals surface area (Å²) in [5.41, 5.74) is 2.56. The van der Waals surface area contributed by atoms with Gasteiger partial charge in [0.05, 0.1) is 11.7 Å². The Kier molecular flexibility index (Phi) is 4.51. The number of rotatable bonds is 5. The lowest BCUT2D eigenvalue weighted by Gasteiger charge is -2.20. The summed E-state index contributed by atoms with van der Waals surface area (Å²) in [7, 11) is 2.04. The molecule has 112 valence electrons. The molecule has 0 saturated carbocycles. The van der Waals surface area contributed by atoms with Crippen LogP contribution in [0.15, 0.2) is 24.5 Å². The minimum absolute atomic E-state index is 0.429. The number of fused-ring (bicyclic) bond motifs is 1. The monoisotopic (exact) mass is 302 g/mol. The number of hydrogen-bond donors (Lipinski definition) is 1. The number of aryl methyl sites for hydroxylation is 1. The molecule has 5 heteroatoms. The van der Waals surface area contributed by atoms with Gasteiger partial charge < -0.3 is 10.2 Å². The maximum Gasteiger partial charge on any atom is 0.186 e. The Morgan fingerprint density at radius 2 is 2.19 bits per heavy atom. The maximum atomic E-state index is 4.94. The Balaban J connectivity index is 1.83. The highest BCUT2D eigenvalue weighted by atomic mass is 32.1. The zero-order chi connectivity index (χ0) is 14.7. The highest BCUT2D eigenvalue weighted by molar-refractivity contribution is 7.15. The molecule has 1 atom stereocenters. The van der Waals surface area contributed by atoms with Gasteiger partial charge in [0, 0.05) is 30.4 Å². The van der Waals surface area contributed by atoms with Crippen molar-refractivity contribution in [1.82, 2.24) is 15.3 Å². The molecule has 0 aliphatic heterocycles. The fraction of sp³-hybridized carbons (Fsp3) is 0.500. The van der Waals surface area contributed by atoms with Gasteiger partial charge in [-0.3, -0.25) is 4.98 Å². The molecule has 3 rings (SSSR count). The van der Waals surface area contributed by atoms with Gasteiger partial charge in [-0.05, 0) is 50.9 Å². The smallest absolute Gasteiger partial charge is 0.186 e. The molecule has 1 N–H and O–H groups in total. The van der Waals surface area contributed by atoms with Crippen molar-refractivity contribution in [3.05, 3.63) is 40.7 Å². The first-order valence-corrected chi connectivity index (χ1v) is 8.44. The van der Waals surface area contributed by atoms with E-state index in [4.69, 9.17) is 4.98 Å². The second kappa shape index (κ2) is 6.54. The minimum atomic E-state index is 0.429. The third kappa shape index (κ3) is 3.09. The number of nitrogens with one attached hydrogen (secondary N) is 1. The molecule has 1 unspecified atom stereocenters. The summed E-state index contributed by atoms with van der Waals surface area (Å²) in [6.07, 6.45) is 7.35. The van der Waals surface area contributed by atoms with Gasteiger partial charge in [-0.2, -0.15) is 0 Å².